The monoisotopic (exact) mass is 499 g/mol. The molecule has 4 rings (SSSR count). The van der Waals surface area contributed by atoms with E-state index in [9.17, 15) is 4.79 Å². The number of aryl methyl sites for hydroxylation is 1. The lowest BCUT2D eigenvalue weighted by molar-refractivity contribution is -0.126. The Hall–Kier alpha value is -2.89. The number of carbonyl (C=O) groups excluding carboxylic acids is 1. The van der Waals surface area contributed by atoms with Gasteiger partial charge in [0, 0.05) is 29.6 Å². The molecule has 0 unspecified atom stereocenters. The zero-order valence-corrected chi connectivity index (χ0v) is 20.1. The maximum Gasteiger partial charge on any atom is 0.247 e. The minimum Gasteiger partial charge on any atom is -0.354 e. The topological polar surface area (TPSA) is 119 Å². The van der Waals surface area contributed by atoms with Crippen LogP contribution >= 0.6 is 15.9 Å². The van der Waals surface area contributed by atoms with Gasteiger partial charge in [-0.05, 0) is 62.0 Å². The van der Waals surface area contributed by atoms with Gasteiger partial charge in [0.05, 0.1) is 17.3 Å². The highest BCUT2D eigenvalue weighted by Gasteiger charge is 2.36. The molecule has 0 saturated carbocycles. The molecule has 3 aromatic heterocycles. The maximum absolute atomic E-state index is 13.1. The molecule has 0 spiro atoms. The van der Waals surface area contributed by atoms with Crippen LogP contribution in [0.3, 0.4) is 0 Å². The Morgan fingerprint density at radius 1 is 1.31 bits per heavy atom. The number of benzene rings is 1. The van der Waals surface area contributed by atoms with E-state index in [2.05, 4.69) is 36.3 Å². The molecule has 1 atom stereocenters. The molecule has 1 amide bonds. The lowest BCUT2D eigenvalue weighted by Crippen LogP contribution is -2.51. The van der Waals surface area contributed by atoms with Gasteiger partial charge >= 0.3 is 0 Å². The Bertz CT molecular complexity index is 1290. The van der Waals surface area contributed by atoms with Gasteiger partial charge in [-0.25, -0.2) is 9.97 Å². The Morgan fingerprint density at radius 2 is 2.09 bits per heavy atom. The second kappa shape index (κ2) is 8.57. The molecule has 0 aliphatic carbocycles. The summed E-state index contributed by atoms with van der Waals surface area (Å²) in [5, 5.41) is 12.6. The standard InChI is InChI=1S/C21H26BrN9O/c1-21(23,20(32)24-9-6-10-29(2)3)19-26-16-14(7-5-8-15(16)22)18-27-17(28-31(18)19)13-11-25-30(4)12-13/h5,7-8,11-12H,6,9-10,23H2,1-4H3,(H,24,32)/t21-/m0/s1. The van der Waals surface area contributed by atoms with Crippen molar-refractivity contribution in [3.8, 4) is 11.4 Å². The Labute approximate surface area is 193 Å². The molecule has 0 aliphatic heterocycles. The molecule has 10 nitrogen and oxygen atoms in total. The molecule has 11 heteroatoms. The molecule has 0 aliphatic rings. The predicted octanol–water partition coefficient (Wildman–Crippen LogP) is 1.68. The van der Waals surface area contributed by atoms with Crippen LogP contribution in [-0.4, -0.2) is 67.4 Å². The fraction of sp³-hybridized carbons (Fsp3) is 0.381. The molecule has 0 radical (unpaired) electrons. The smallest absolute Gasteiger partial charge is 0.247 e. The van der Waals surface area contributed by atoms with Crippen LogP contribution in [0.5, 0.6) is 0 Å². The van der Waals surface area contributed by atoms with Crippen molar-refractivity contribution in [1.82, 2.24) is 39.6 Å². The second-order valence-electron chi connectivity index (χ2n) is 8.26. The van der Waals surface area contributed by atoms with Crippen LogP contribution in [0, 0.1) is 0 Å². The number of fused-ring (bicyclic) bond motifs is 3. The quantitative estimate of drug-likeness (QED) is 0.371. The summed E-state index contributed by atoms with van der Waals surface area (Å²) in [5.41, 5.74) is 7.14. The Balaban J connectivity index is 1.82. The average Bonchev–Trinajstić information content (AvgIpc) is 3.37. The zero-order valence-electron chi connectivity index (χ0n) is 18.5. The number of amides is 1. The van der Waals surface area contributed by atoms with Gasteiger partial charge in [0.15, 0.2) is 22.8 Å². The summed E-state index contributed by atoms with van der Waals surface area (Å²) < 4.78 is 4.03. The van der Waals surface area contributed by atoms with Gasteiger partial charge in [0.25, 0.3) is 0 Å². The fourth-order valence-electron chi connectivity index (χ4n) is 3.47. The van der Waals surface area contributed by atoms with Crippen molar-refractivity contribution in [3.05, 3.63) is 40.9 Å². The van der Waals surface area contributed by atoms with Crippen molar-refractivity contribution in [1.29, 1.82) is 0 Å². The van der Waals surface area contributed by atoms with Gasteiger partial charge in [0.1, 0.15) is 0 Å². The number of aromatic nitrogens is 6. The van der Waals surface area contributed by atoms with Gasteiger partial charge in [-0.15, -0.1) is 5.10 Å². The number of halogens is 1. The van der Waals surface area contributed by atoms with Gasteiger partial charge in [0.2, 0.25) is 5.91 Å². The van der Waals surface area contributed by atoms with Crippen molar-refractivity contribution >= 4 is 38.4 Å². The van der Waals surface area contributed by atoms with E-state index >= 15 is 0 Å². The van der Waals surface area contributed by atoms with Crippen LogP contribution in [-0.2, 0) is 17.4 Å². The minimum absolute atomic E-state index is 0.305. The molecule has 3 heterocycles. The number of nitrogens with one attached hydrogen (secondary N) is 1. The van der Waals surface area contributed by atoms with Crippen molar-refractivity contribution < 1.29 is 4.79 Å². The highest BCUT2D eigenvalue weighted by atomic mass is 79.9. The number of hydrogen-bond donors (Lipinski definition) is 2. The molecule has 4 aromatic rings. The molecule has 0 bridgehead atoms. The van der Waals surface area contributed by atoms with Crippen LogP contribution in [0.15, 0.2) is 35.1 Å². The average molecular weight is 500 g/mol. The van der Waals surface area contributed by atoms with Crippen LogP contribution in [0.4, 0.5) is 0 Å². The number of rotatable bonds is 7. The van der Waals surface area contributed by atoms with Crippen molar-refractivity contribution in [2.75, 3.05) is 27.2 Å². The van der Waals surface area contributed by atoms with E-state index in [0.717, 1.165) is 28.4 Å². The molecule has 32 heavy (non-hydrogen) atoms. The van der Waals surface area contributed by atoms with E-state index in [4.69, 9.17) is 15.7 Å². The molecule has 1 aromatic carbocycles. The fourth-order valence-corrected chi connectivity index (χ4v) is 3.93. The highest BCUT2D eigenvalue weighted by molar-refractivity contribution is 9.10. The van der Waals surface area contributed by atoms with Crippen LogP contribution < -0.4 is 11.1 Å². The minimum atomic E-state index is -1.43. The van der Waals surface area contributed by atoms with Gasteiger partial charge in [-0.2, -0.15) is 9.61 Å². The third kappa shape index (κ3) is 4.10. The number of carbonyl (C=O) groups is 1. The summed E-state index contributed by atoms with van der Waals surface area (Å²) in [6.45, 7) is 3.02. The van der Waals surface area contributed by atoms with E-state index in [-0.39, 0.29) is 5.91 Å². The molecular weight excluding hydrogens is 474 g/mol. The molecule has 0 saturated heterocycles. The van der Waals surface area contributed by atoms with Crippen molar-refractivity contribution in [2.24, 2.45) is 12.8 Å². The van der Waals surface area contributed by atoms with E-state index in [1.165, 1.54) is 0 Å². The largest absolute Gasteiger partial charge is 0.354 e. The number of hydrogen-bond acceptors (Lipinski definition) is 7. The highest BCUT2D eigenvalue weighted by Crippen LogP contribution is 2.29. The first-order valence-corrected chi connectivity index (χ1v) is 11.0. The molecule has 3 N–H and O–H groups in total. The Kier molecular flexibility index (Phi) is 5.97. The lowest BCUT2D eigenvalue weighted by atomic mass is 10.0. The van der Waals surface area contributed by atoms with Crippen molar-refractivity contribution in [2.45, 2.75) is 18.9 Å². The maximum atomic E-state index is 13.1. The number of nitrogens with two attached hydrogens (primary N) is 1. The molecule has 0 fully saturated rings. The van der Waals surface area contributed by atoms with Crippen LogP contribution in [0.25, 0.3) is 27.9 Å². The second-order valence-corrected chi connectivity index (χ2v) is 9.11. The van der Waals surface area contributed by atoms with E-state index in [1.807, 2.05) is 45.5 Å². The summed E-state index contributed by atoms with van der Waals surface area (Å²) in [4.78, 5) is 24.6. The zero-order chi connectivity index (χ0) is 23.0. The van der Waals surface area contributed by atoms with E-state index in [1.54, 1.807) is 22.3 Å². The summed E-state index contributed by atoms with van der Waals surface area (Å²) in [5.74, 6) is 0.463. The Morgan fingerprint density at radius 3 is 2.78 bits per heavy atom. The lowest BCUT2D eigenvalue weighted by Gasteiger charge is -2.24. The molecule has 168 valence electrons. The third-order valence-electron chi connectivity index (χ3n) is 5.22. The van der Waals surface area contributed by atoms with Crippen LogP contribution in [0.1, 0.15) is 19.2 Å². The van der Waals surface area contributed by atoms with Crippen LogP contribution in [0.2, 0.25) is 0 Å². The first-order valence-electron chi connectivity index (χ1n) is 10.2. The summed E-state index contributed by atoms with van der Waals surface area (Å²) >= 11 is 3.56. The normalized spacial score (nSPS) is 13.7. The predicted molar refractivity (Wildman–Crippen MR) is 126 cm³/mol. The van der Waals surface area contributed by atoms with Gasteiger partial charge < -0.3 is 16.0 Å². The third-order valence-corrected chi connectivity index (χ3v) is 5.86. The summed E-state index contributed by atoms with van der Waals surface area (Å²) in [7, 11) is 5.82. The molecular formula is C21H26BrN9O. The first-order chi connectivity index (χ1) is 15.2. The summed E-state index contributed by atoms with van der Waals surface area (Å²) in [6.07, 6.45) is 4.34. The van der Waals surface area contributed by atoms with Gasteiger partial charge in [-0.3, -0.25) is 9.48 Å². The van der Waals surface area contributed by atoms with Gasteiger partial charge in [-0.1, -0.05) is 6.07 Å². The SMILES string of the molecule is CN(C)CCCNC(=O)[C@@](C)(N)c1nc2c(Br)cccc2c2nc(-c3cnn(C)c3)nn12. The first kappa shape index (κ1) is 22.3. The number of nitrogens with zero attached hydrogens (tertiary/aromatic N) is 7. The van der Waals surface area contributed by atoms with E-state index < -0.39 is 5.54 Å². The number of para-hydroxylation sites is 1. The van der Waals surface area contributed by atoms with E-state index in [0.29, 0.717) is 29.4 Å². The van der Waals surface area contributed by atoms with Crippen molar-refractivity contribution in [3.63, 3.8) is 0 Å². The summed E-state index contributed by atoms with van der Waals surface area (Å²) in [6, 6.07) is 5.72.